The summed E-state index contributed by atoms with van der Waals surface area (Å²) in [7, 11) is 0. The van der Waals surface area contributed by atoms with Gasteiger partial charge in [0.2, 0.25) is 0 Å². The Morgan fingerprint density at radius 2 is 2.00 bits per heavy atom. The number of ether oxygens (including phenoxy) is 1. The third-order valence-electron chi connectivity index (χ3n) is 4.89. The molecule has 1 N–H and O–H groups in total. The van der Waals surface area contributed by atoms with E-state index in [4.69, 9.17) is 10.00 Å². The van der Waals surface area contributed by atoms with Crippen molar-refractivity contribution in [3.8, 4) is 16.6 Å². The maximum atomic E-state index is 12.4. The van der Waals surface area contributed by atoms with Crippen LogP contribution in [0.25, 0.3) is 21.5 Å². The van der Waals surface area contributed by atoms with Gasteiger partial charge < -0.3 is 9.72 Å². The van der Waals surface area contributed by atoms with Gasteiger partial charge in [-0.15, -0.1) is 11.3 Å². The number of aryl methyl sites for hydroxylation is 2. The van der Waals surface area contributed by atoms with Crippen molar-refractivity contribution in [2.45, 2.75) is 26.4 Å². The van der Waals surface area contributed by atoms with Gasteiger partial charge in [0.05, 0.1) is 22.2 Å². The number of esters is 1. The van der Waals surface area contributed by atoms with Crippen molar-refractivity contribution in [1.29, 1.82) is 5.26 Å². The molecule has 0 aliphatic rings. The molecule has 0 bridgehead atoms. The average Bonchev–Trinajstić information content (AvgIpc) is 3.38. The third-order valence-corrected chi connectivity index (χ3v) is 5.78. The monoisotopic (exact) mass is 400 g/mol. The summed E-state index contributed by atoms with van der Waals surface area (Å²) in [5.74, 6) is -0.228. The molecule has 4 rings (SSSR count). The van der Waals surface area contributed by atoms with Crippen LogP contribution in [-0.2, 0) is 22.6 Å². The van der Waals surface area contributed by atoms with Crippen LogP contribution in [-0.4, -0.2) is 11.0 Å². The van der Waals surface area contributed by atoms with Crippen LogP contribution in [0.4, 0.5) is 0 Å². The lowest BCUT2D eigenvalue weighted by molar-refractivity contribution is -0.144. The molecule has 0 fully saturated rings. The van der Waals surface area contributed by atoms with Crippen molar-refractivity contribution in [3.63, 3.8) is 0 Å². The molecule has 4 nitrogen and oxygen atoms in total. The van der Waals surface area contributed by atoms with Crippen LogP contribution in [0.15, 0.2) is 60.0 Å². The zero-order valence-corrected chi connectivity index (χ0v) is 16.9. The second kappa shape index (κ2) is 8.34. The standard InChI is InChI=1S/C24H20N2O2S/c1-16-4-10-21-20(13-16)19(24(26-21)22-3-2-12-29-22)9-11-23(27)28-15-18-7-5-17(14-25)6-8-18/h2-8,10,12-13,26H,9,11,15H2,1H3. The number of benzene rings is 2. The van der Waals surface area contributed by atoms with Gasteiger partial charge in [-0.1, -0.05) is 29.8 Å². The molecule has 2 heterocycles. The molecule has 0 aliphatic carbocycles. The van der Waals surface area contributed by atoms with Crippen molar-refractivity contribution >= 4 is 28.2 Å². The summed E-state index contributed by atoms with van der Waals surface area (Å²) in [5, 5.41) is 12.1. The molecule has 5 heteroatoms. The van der Waals surface area contributed by atoms with E-state index in [9.17, 15) is 4.79 Å². The maximum absolute atomic E-state index is 12.4. The van der Waals surface area contributed by atoms with Gasteiger partial charge in [0.1, 0.15) is 6.61 Å². The molecule has 29 heavy (non-hydrogen) atoms. The molecule has 144 valence electrons. The van der Waals surface area contributed by atoms with E-state index in [-0.39, 0.29) is 12.6 Å². The summed E-state index contributed by atoms with van der Waals surface area (Å²) >= 11 is 1.68. The highest BCUT2D eigenvalue weighted by Crippen LogP contribution is 2.34. The summed E-state index contributed by atoms with van der Waals surface area (Å²) < 4.78 is 5.44. The Hall–Kier alpha value is -3.36. The lowest BCUT2D eigenvalue weighted by Gasteiger charge is -2.06. The lowest BCUT2D eigenvalue weighted by Crippen LogP contribution is -2.06. The number of nitrogens with one attached hydrogen (secondary N) is 1. The SMILES string of the molecule is Cc1ccc2[nH]c(-c3cccs3)c(CCC(=O)OCc3ccc(C#N)cc3)c2c1. The minimum atomic E-state index is -0.228. The van der Waals surface area contributed by atoms with Crippen LogP contribution in [0.3, 0.4) is 0 Å². The summed E-state index contributed by atoms with van der Waals surface area (Å²) in [6, 6.07) is 19.6. The van der Waals surface area contributed by atoms with Crippen LogP contribution in [0.5, 0.6) is 0 Å². The minimum absolute atomic E-state index is 0.218. The number of H-pyrrole nitrogens is 1. The number of nitriles is 1. The van der Waals surface area contributed by atoms with Gasteiger partial charge in [-0.2, -0.15) is 5.26 Å². The van der Waals surface area contributed by atoms with Crippen LogP contribution in [0.2, 0.25) is 0 Å². The van der Waals surface area contributed by atoms with Gasteiger partial charge in [0.15, 0.2) is 0 Å². The van der Waals surface area contributed by atoms with Gasteiger partial charge in [0.25, 0.3) is 0 Å². The first kappa shape index (κ1) is 19.0. The van der Waals surface area contributed by atoms with E-state index < -0.39 is 0 Å². The molecule has 0 aliphatic heterocycles. The molecule has 2 aromatic carbocycles. The Kier molecular flexibility index (Phi) is 5.46. The molecule has 0 radical (unpaired) electrons. The van der Waals surface area contributed by atoms with E-state index in [0.717, 1.165) is 27.7 Å². The van der Waals surface area contributed by atoms with Crippen molar-refractivity contribution < 1.29 is 9.53 Å². The van der Waals surface area contributed by atoms with Crippen LogP contribution < -0.4 is 0 Å². The first-order chi connectivity index (χ1) is 14.1. The first-order valence-corrected chi connectivity index (χ1v) is 10.3. The second-order valence-corrected chi connectivity index (χ2v) is 7.92. The van der Waals surface area contributed by atoms with E-state index >= 15 is 0 Å². The Balaban J connectivity index is 1.48. The van der Waals surface area contributed by atoms with E-state index in [1.165, 1.54) is 10.4 Å². The van der Waals surface area contributed by atoms with Gasteiger partial charge in [-0.3, -0.25) is 4.79 Å². The minimum Gasteiger partial charge on any atom is -0.461 e. The molecule has 0 atom stereocenters. The summed E-state index contributed by atoms with van der Waals surface area (Å²) in [6.07, 6.45) is 0.929. The fourth-order valence-electron chi connectivity index (χ4n) is 3.39. The number of hydrogen-bond donors (Lipinski definition) is 1. The predicted octanol–water partition coefficient (Wildman–Crippen LogP) is 5.75. The Morgan fingerprint density at radius 1 is 1.17 bits per heavy atom. The molecule has 4 aromatic rings. The Labute approximate surface area is 173 Å². The zero-order chi connectivity index (χ0) is 20.2. The topological polar surface area (TPSA) is 65.9 Å². The number of fused-ring (bicyclic) bond motifs is 1. The fraction of sp³-hybridized carbons (Fsp3) is 0.167. The highest BCUT2D eigenvalue weighted by atomic mass is 32.1. The van der Waals surface area contributed by atoms with Crippen molar-refractivity contribution in [2.24, 2.45) is 0 Å². The molecular weight excluding hydrogens is 380 g/mol. The summed E-state index contributed by atoms with van der Waals surface area (Å²) in [5.41, 5.74) is 5.98. The second-order valence-electron chi connectivity index (χ2n) is 6.97. The Bertz CT molecular complexity index is 1180. The summed E-state index contributed by atoms with van der Waals surface area (Å²) in [6.45, 7) is 2.29. The number of aromatic nitrogens is 1. The molecule has 0 saturated carbocycles. The molecular formula is C24H20N2O2S. The number of carbonyl (C=O) groups is 1. The maximum Gasteiger partial charge on any atom is 0.306 e. The number of carbonyl (C=O) groups excluding carboxylic acids is 1. The average molecular weight is 401 g/mol. The van der Waals surface area contributed by atoms with E-state index in [1.807, 2.05) is 18.2 Å². The first-order valence-electron chi connectivity index (χ1n) is 9.44. The summed E-state index contributed by atoms with van der Waals surface area (Å²) in [4.78, 5) is 17.0. The number of aromatic amines is 1. The molecule has 0 saturated heterocycles. The van der Waals surface area contributed by atoms with Crippen molar-refractivity contribution in [1.82, 2.24) is 4.98 Å². The zero-order valence-electron chi connectivity index (χ0n) is 16.1. The number of rotatable bonds is 6. The Morgan fingerprint density at radius 3 is 2.72 bits per heavy atom. The van der Waals surface area contributed by atoms with Crippen LogP contribution in [0, 0.1) is 18.3 Å². The van der Waals surface area contributed by atoms with E-state index in [0.29, 0.717) is 18.4 Å². The van der Waals surface area contributed by atoms with Crippen molar-refractivity contribution in [3.05, 3.63) is 82.2 Å². The van der Waals surface area contributed by atoms with E-state index in [2.05, 4.69) is 47.6 Å². The van der Waals surface area contributed by atoms with Gasteiger partial charge in [-0.25, -0.2) is 0 Å². The number of thiophene rings is 1. The molecule has 2 aromatic heterocycles. The van der Waals surface area contributed by atoms with Gasteiger partial charge >= 0.3 is 5.97 Å². The highest BCUT2D eigenvalue weighted by Gasteiger charge is 2.16. The van der Waals surface area contributed by atoms with Crippen molar-refractivity contribution in [2.75, 3.05) is 0 Å². The van der Waals surface area contributed by atoms with Crippen LogP contribution >= 0.6 is 11.3 Å². The third kappa shape index (κ3) is 4.23. The normalized spacial score (nSPS) is 10.8. The fourth-order valence-corrected chi connectivity index (χ4v) is 4.14. The van der Waals surface area contributed by atoms with Gasteiger partial charge in [-0.05, 0) is 60.2 Å². The van der Waals surface area contributed by atoms with Crippen LogP contribution in [0.1, 0.15) is 28.7 Å². The number of nitrogens with zero attached hydrogens (tertiary/aromatic N) is 1. The van der Waals surface area contributed by atoms with Gasteiger partial charge in [0, 0.05) is 17.3 Å². The molecule has 0 amide bonds. The molecule has 0 spiro atoms. The highest BCUT2D eigenvalue weighted by molar-refractivity contribution is 7.13. The van der Waals surface area contributed by atoms with E-state index in [1.54, 1.807) is 23.5 Å². The lowest BCUT2D eigenvalue weighted by atomic mass is 10.0. The quantitative estimate of drug-likeness (QED) is 0.419. The smallest absolute Gasteiger partial charge is 0.306 e. The predicted molar refractivity (Wildman–Crippen MR) is 116 cm³/mol. The number of hydrogen-bond acceptors (Lipinski definition) is 4. The molecule has 0 unspecified atom stereocenters. The largest absolute Gasteiger partial charge is 0.461 e.